The van der Waals surface area contributed by atoms with Gasteiger partial charge in [0.1, 0.15) is 0 Å². The molecule has 1 saturated carbocycles. The molecule has 0 aromatic heterocycles. The van der Waals surface area contributed by atoms with Gasteiger partial charge in [-0.25, -0.2) is 4.79 Å². The summed E-state index contributed by atoms with van der Waals surface area (Å²) < 4.78 is 0. The van der Waals surface area contributed by atoms with E-state index in [1.165, 1.54) is 0 Å². The van der Waals surface area contributed by atoms with E-state index in [0.717, 1.165) is 12.8 Å². The van der Waals surface area contributed by atoms with Crippen LogP contribution in [0.5, 0.6) is 0 Å². The molecule has 0 atom stereocenters. The lowest BCUT2D eigenvalue weighted by molar-refractivity contribution is -0.132. The monoisotopic (exact) mass is 212 g/mol. The van der Waals surface area contributed by atoms with Crippen molar-refractivity contribution in [1.29, 1.82) is 0 Å². The number of carboxylic acids is 1. The minimum absolute atomic E-state index is 0.0194. The Morgan fingerprint density at radius 1 is 1.40 bits per heavy atom. The van der Waals surface area contributed by atoms with Gasteiger partial charge in [0.15, 0.2) is 0 Å². The van der Waals surface area contributed by atoms with Crippen molar-refractivity contribution >= 4 is 11.9 Å². The van der Waals surface area contributed by atoms with Gasteiger partial charge in [-0.3, -0.25) is 4.79 Å². The molecule has 1 amide bonds. The van der Waals surface area contributed by atoms with Crippen LogP contribution in [0.25, 0.3) is 0 Å². The highest BCUT2D eigenvalue weighted by Crippen LogP contribution is 2.18. The number of amides is 1. The summed E-state index contributed by atoms with van der Waals surface area (Å²) in [7, 11) is 0. The Morgan fingerprint density at radius 2 is 2.07 bits per heavy atom. The van der Waals surface area contributed by atoms with E-state index in [-0.39, 0.29) is 18.0 Å². The van der Waals surface area contributed by atoms with Gasteiger partial charge in [0.2, 0.25) is 5.91 Å². The van der Waals surface area contributed by atoms with Crippen LogP contribution >= 0.6 is 0 Å². The first-order valence-electron chi connectivity index (χ1n) is 5.00. The fraction of sp³-hybridized carbons (Fsp3) is 0.600. The van der Waals surface area contributed by atoms with Crippen LogP contribution in [-0.2, 0) is 9.59 Å². The second kappa shape index (κ2) is 5.50. The SMILES string of the molecule is C=C(CNCCC(=O)NC1CC1)C(=O)O. The molecular formula is C10H16N2O3. The Hall–Kier alpha value is -1.36. The molecule has 1 rings (SSSR count). The first kappa shape index (κ1) is 11.7. The maximum absolute atomic E-state index is 11.2. The zero-order chi connectivity index (χ0) is 11.3. The zero-order valence-corrected chi connectivity index (χ0v) is 8.58. The molecule has 0 aliphatic heterocycles. The summed E-state index contributed by atoms with van der Waals surface area (Å²) in [5.41, 5.74) is 0.109. The van der Waals surface area contributed by atoms with Gasteiger partial charge in [0.25, 0.3) is 0 Å². The molecule has 0 aromatic carbocycles. The molecule has 0 unspecified atom stereocenters. The number of carbonyl (C=O) groups is 2. The number of nitrogens with one attached hydrogen (secondary N) is 2. The molecule has 0 spiro atoms. The van der Waals surface area contributed by atoms with Gasteiger partial charge in [-0.2, -0.15) is 0 Å². The maximum Gasteiger partial charge on any atom is 0.332 e. The average molecular weight is 212 g/mol. The van der Waals surface area contributed by atoms with Crippen molar-refractivity contribution in [2.75, 3.05) is 13.1 Å². The van der Waals surface area contributed by atoms with Crippen molar-refractivity contribution in [3.05, 3.63) is 12.2 Å². The van der Waals surface area contributed by atoms with Crippen LogP contribution in [0.2, 0.25) is 0 Å². The Kier molecular flexibility index (Phi) is 4.30. The van der Waals surface area contributed by atoms with Gasteiger partial charge >= 0.3 is 5.97 Å². The first-order valence-corrected chi connectivity index (χ1v) is 5.00. The van der Waals surface area contributed by atoms with Crippen LogP contribution in [-0.4, -0.2) is 36.1 Å². The number of carbonyl (C=O) groups excluding carboxylic acids is 1. The van der Waals surface area contributed by atoms with Crippen molar-refractivity contribution in [2.24, 2.45) is 0 Å². The molecule has 0 aromatic rings. The molecule has 0 bridgehead atoms. The molecule has 1 aliphatic carbocycles. The molecule has 5 heteroatoms. The standard InChI is InChI=1S/C10H16N2O3/c1-7(10(14)15)6-11-5-4-9(13)12-8-2-3-8/h8,11H,1-6H2,(H,12,13)(H,14,15). The summed E-state index contributed by atoms with van der Waals surface area (Å²) in [4.78, 5) is 21.5. The largest absolute Gasteiger partial charge is 0.478 e. The Bertz CT molecular complexity index is 272. The molecule has 0 saturated heterocycles. The lowest BCUT2D eigenvalue weighted by Crippen LogP contribution is -2.30. The van der Waals surface area contributed by atoms with Crippen molar-refractivity contribution in [3.8, 4) is 0 Å². The Morgan fingerprint density at radius 3 is 2.60 bits per heavy atom. The lowest BCUT2D eigenvalue weighted by atomic mass is 10.3. The maximum atomic E-state index is 11.2. The third-order valence-corrected chi connectivity index (χ3v) is 2.11. The molecule has 15 heavy (non-hydrogen) atoms. The van der Waals surface area contributed by atoms with Crippen LogP contribution in [0.1, 0.15) is 19.3 Å². The second-order valence-corrected chi connectivity index (χ2v) is 3.68. The van der Waals surface area contributed by atoms with E-state index >= 15 is 0 Å². The van der Waals surface area contributed by atoms with E-state index < -0.39 is 5.97 Å². The van der Waals surface area contributed by atoms with E-state index in [1.807, 2.05) is 0 Å². The van der Waals surface area contributed by atoms with Gasteiger partial charge < -0.3 is 15.7 Å². The molecule has 1 fully saturated rings. The van der Waals surface area contributed by atoms with E-state index in [4.69, 9.17) is 5.11 Å². The van der Waals surface area contributed by atoms with Crippen molar-refractivity contribution < 1.29 is 14.7 Å². The average Bonchev–Trinajstić information content (AvgIpc) is 2.95. The summed E-state index contributed by atoms with van der Waals surface area (Å²) in [5.74, 6) is -0.990. The van der Waals surface area contributed by atoms with Gasteiger partial charge in [0, 0.05) is 31.1 Å². The summed E-state index contributed by atoms with van der Waals surface area (Å²) in [6, 6.07) is 0.381. The van der Waals surface area contributed by atoms with Crippen molar-refractivity contribution in [1.82, 2.24) is 10.6 Å². The van der Waals surface area contributed by atoms with Gasteiger partial charge in [-0.15, -0.1) is 0 Å². The van der Waals surface area contributed by atoms with Crippen LogP contribution in [0.4, 0.5) is 0 Å². The highest BCUT2D eigenvalue weighted by atomic mass is 16.4. The van der Waals surface area contributed by atoms with Crippen LogP contribution in [0.15, 0.2) is 12.2 Å². The molecule has 84 valence electrons. The fourth-order valence-electron chi connectivity index (χ4n) is 1.04. The van der Waals surface area contributed by atoms with Crippen molar-refractivity contribution in [3.63, 3.8) is 0 Å². The van der Waals surface area contributed by atoms with E-state index in [9.17, 15) is 9.59 Å². The second-order valence-electron chi connectivity index (χ2n) is 3.68. The molecular weight excluding hydrogens is 196 g/mol. The van der Waals surface area contributed by atoms with Gasteiger partial charge in [-0.1, -0.05) is 6.58 Å². The summed E-state index contributed by atoms with van der Waals surface area (Å²) in [6.45, 7) is 4.06. The molecule has 5 nitrogen and oxygen atoms in total. The number of aliphatic carboxylic acids is 1. The van der Waals surface area contributed by atoms with E-state index in [1.54, 1.807) is 0 Å². The minimum Gasteiger partial charge on any atom is -0.478 e. The number of carboxylic acid groups (broad SMARTS) is 1. The molecule has 0 heterocycles. The third kappa shape index (κ3) is 5.17. The van der Waals surface area contributed by atoms with Crippen LogP contribution < -0.4 is 10.6 Å². The zero-order valence-electron chi connectivity index (χ0n) is 8.58. The highest BCUT2D eigenvalue weighted by Gasteiger charge is 2.22. The predicted molar refractivity (Wildman–Crippen MR) is 55.4 cm³/mol. The molecule has 3 N–H and O–H groups in total. The van der Waals surface area contributed by atoms with Crippen LogP contribution in [0.3, 0.4) is 0 Å². The topological polar surface area (TPSA) is 78.4 Å². The Labute approximate surface area is 88.5 Å². The predicted octanol–water partition coefficient (Wildman–Crippen LogP) is -0.114. The normalized spacial score (nSPS) is 14.7. The van der Waals surface area contributed by atoms with E-state index in [0.29, 0.717) is 19.0 Å². The van der Waals surface area contributed by atoms with Gasteiger partial charge in [-0.05, 0) is 12.8 Å². The van der Waals surface area contributed by atoms with E-state index in [2.05, 4.69) is 17.2 Å². The highest BCUT2D eigenvalue weighted by molar-refractivity contribution is 5.86. The quantitative estimate of drug-likeness (QED) is 0.406. The fourth-order valence-corrected chi connectivity index (χ4v) is 1.04. The van der Waals surface area contributed by atoms with Crippen LogP contribution in [0, 0.1) is 0 Å². The summed E-state index contributed by atoms with van der Waals surface area (Å²) >= 11 is 0. The Balaban J connectivity index is 1.98. The van der Waals surface area contributed by atoms with Gasteiger partial charge in [0.05, 0.1) is 0 Å². The lowest BCUT2D eigenvalue weighted by Gasteiger charge is -2.05. The smallest absolute Gasteiger partial charge is 0.332 e. The first-order chi connectivity index (χ1) is 7.09. The van der Waals surface area contributed by atoms with Crippen molar-refractivity contribution in [2.45, 2.75) is 25.3 Å². The molecule has 0 radical (unpaired) electrons. The minimum atomic E-state index is -1.01. The third-order valence-electron chi connectivity index (χ3n) is 2.11. The number of hydrogen-bond acceptors (Lipinski definition) is 3. The number of rotatable bonds is 7. The summed E-state index contributed by atoms with van der Waals surface area (Å²) in [5, 5.41) is 14.2. The molecule has 1 aliphatic rings. The summed E-state index contributed by atoms with van der Waals surface area (Å²) in [6.07, 6.45) is 2.54. The number of hydrogen-bond donors (Lipinski definition) is 3.